The first kappa shape index (κ1) is 23.4. The standard InChI is InChI=1S/C21H18Br2ClN3O4/c1-4-30-21(29)11(2)31-19-16(23)7-13(8-17(19)24)10-25-27-12(3)26-18-6-5-14(22)9-15(18)20(27)28/h5-11H,4H2,1-3H3/t11-/m0/s1. The van der Waals surface area contributed by atoms with Crippen molar-refractivity contribution in [2.75, 3.05) is 6.61 Å². The zero-order valence-corrected chi connectivity index (χ0v) is 20.8. The van der Waals surface area contributed by atoms with Gasteiger partial charge in [0.2, 0.25) is 0 Å². The lowest BCUT2D eigenvalue weighted by atomic mass is 10.2. The van der Waals surface area contributed by atoms with Crippen LogP contribution in [0.3, 0.4) is 0 Å². The maximum atomic E-state index is 12.8. The molecule has 162 valence electrons. The minimum absolute atomic E-state index is 0.260. The number of carbonyl (C=O) groups excluding carboxylic acids is 1. The monoisotopic (exact) mass is 569 g/mol. The molecule has 7 nitrogen and oxygen atoms in total. The van der Waals surface area contributed by atoms with E-state index < -0.39 is 12.1 Å². The molecule has 0 bridgehead atoms. The van der Waals surface area contributed by atoms with Crippen LogP contribution in [0.4, 0.5) is 0 Å². The second kappa shape index (κ2) is 9.93. The summed E-state index contributed by atoms with van der Waals surface area (Å²) in [6.07, 6.45) is 0.673. The number of aryl methyl sites for hydroxylation is 1. The van der Waals surface area contributed by atoms with Crippen molar-refractivity contribution in [3.8, 4) is 5.75 Å². The number of ether oxygens (including phenoxy) is 2. The predicted octanol–water partition coefficient (Wildman–Crippen LogP) is 5.10. The van der Waals surface area contributed by atoms with E-state index in [0.717, 1.165) is 4.47 Å². The van der Waals surface area contributed by atoms with E-state index in [1.54, 1.807) is 45.0 Å². The van der Waals surface area contributed by atoms with E-state index in [1.165, 1.54) is 10.9 Å². The van der Waals surface area contributed by atoms with E-state index >= 15 is 0 Å². The van der Waals surface area contributed by atoms with Crippen LogP contribution >= 0.6 is 43.5 Å². The maximum Gasteiger partial charge on any atom is 0.347 e. The van der Waals surface area contributed by atoms with Crippen LogP contribution in [0.25, 0.3) is 10.9 Å². The van der Waals surface area contributed by atoms with Crippen LogP contribution in [0.15, 0.2) is 49.2 Å². The zero-order chi connectivity index (χ0) is 22.7. The number of nitrogens with zero attached hydrogens (tertiary/aromatic N) is 3. The highest BCUT2D eigenvalue weighted by molar-refractivity contribution is 9.10. The van der Waals surface area contributed by atoms with Crippen LogP contribution in [0.2, 0.25) is 5.02 Å². The molecule has 1 aromatic heterocycles. The number of fused-ring (bicyclic) bond motifs is 1. The number of hydrogen-bond acceptors (Lipinski definition) is 6. The number of halogens is 3. The summed E-state index contributed by atoms with van der Waals surface area (Å²) in [6, 6.07) is 8.64. The summed E-state index contributed by atoms with van der Waals surface area (Å²) in [5.74, 6) is 0.274. The van der Waals surface area contributed by atoms with Crippen molar-refractivity contribution in [1.29, 1.82) is 0 Å². The Morgan fingerprint density at radius 2 is 2.06 bits per heavy atom. The molecular formula is C21H18Br2ClN3O4. The van der Waals surface area contributed by atoms with E-state index in [2.05, 4.69) is 41.9 Å². The fraction of sp³-hybridized carbons (Fsp3) is 0.238. The van der Waals surface area contributed by atoms with Gasteiger partial charge in [-0.3, -0.25) is 4.79 Å². The topological polar surface area (TPSA) is 82.8 Å². The van der Waals surface area contributed by atoms with Crippen molar-refractivity contribution >= 4 is 66.5 Å². The van der Waals surface area contributed by atoms with E-state index in [-0.39, 0.29) is 17.2 Å². The Kier molecular flexibility index (Phi) is 7.51. The number of aromatic nitrogens is 2. The van der Waals surface area contributed by atoms with Crippen LogP contribution in [-0.2, 0) is 9.53 Å². The molecule has 0 aliphatic carbocycles. The van der Waals surface area contributed by atoms with Crippen molar-refractivity contribution in [3.05, 3.63) is 66.0 Å². The summed E-state index contributed by atoms with van der Waals surface area (Å²) in [5.41, 5.74) is 0.933. The highest BCUT2D eigenvalue weighted by Crippen LogP contribution is 2.35. The van der Waals surface area contributed by atoms with Crippen LogP contribution in [0, 0.1) is 6.92 Å². The molecule has 0 N–H and O–H groups in total. The first-order chi connectivity index (χ1) is 14.7. The zero-order valence-electron chi connectivity index (χ0n) is 16.9. The summed E-state index contributed by atoms with van der Waals surface area (Å²) >= 11 is 13.1. The van der Waals surface area contributed by atoms with E-state index in [0.29, 0.717) is 32.5 Å². The number of esters is 1. The van der Waals surface area contributed by atoms with Gasteiger partial charge < -0.3 is 9.47 Å². The maximum absolute atomic E-state index is 12.8. The quantitative estimate of drug-likeness (QED) is 0.304. The van der Waals surface area contributed by atoms with Gasteiger partial charge in [-0.15, -0.1) is 0 Å². The van der Waals surface area contributed by atoms with Gasteiger partial charge in [0, 0.05) is 4.47 Å². The second-order valence-corrected chi connectivity index (χ2v) is 8.69. The van der Waals surface area contributed by atoms with Gasteiger partial charge in [0.1, 0.15) is 5.82 Å². The van der Waals surface area contributed by atoms with Gasteiger partial charge in [0.25, 0.3) is 5.56 Å². The lowest BCUT2D eigenvalue weighted by Crippen LogP contribution is -2.26. The third kappa shape index (κ3) is 5.34. The summed E-state index contributed by atoms with van der Waals surface area (Å²) in [5, 5.41) is 5.01. The number of benzene rings is 2. The SMILES string of the molecule is CCOC(=O)[C@H](C)Oc1c(Cl)cc(C=Nn2c(C)nc3ccc(Br)cc3c2=O)cc1Br. The minimum Gasteiger partial charge on any atom is -0.476 e. The summed E-state index contributed by atoms with van der Waals surface area (Å²) < 4.78 is 13.1. The average Bonchev–Trinajstić information content (AvgIpc) is 2.71. The lowest BCUT2D eigenvalue weighted by molar-refractivity contribution is -0.150. The summed E-state index contributed by atoms with van der Waals surface area (Å²) in [7, 11) is 0. The molecule has 0 fully saturated rings. The summed E-state index contributed by atoms with van der Waals surface area (Å²) in [6.45, 7) is 5.27. The van der Waals surface area contributed by atoms with Crippen molar-refractivity contribution in [3.63, 3.8) is 0 Å². The number of carbonyl (C=O) groups is 1. The molecule has 0 radical (unpaired) electrons. The Morgan fingerprint density at radius 3 is 2.74 bits per heavy atom. The van der Waals surface area contributed by atoms with Gasteiger partial charge in [-0.1, -0.05) is 27.5 Å². The molecule has 1 atom stereocenters. The van der Waals surface area contributed by atoms with Gasteiger partial charge in [0.05, 0.1) is 33.2 Å². The van der Waals surface area contributed by atoms with Crippen molar-refractivity contribution < 1.29 is 14.3 Å². The van der Waals surface area contributed by atoms with Crippen molar-refractivity contribution in [2.24, 2.45) is 5.10 Å². The molecule has 0 amide bonds. The molecule has 3 aromatic rings. The van der Waals surface area contributed by atoms with Gasteiger partial charge in [-0.05, 0) is 72.6 Å². The third-order valence-corrected chi connectivity index (χ3v) is 5.59. The van der Waals surface area contributed by atoms with Crippen molar-refractivity contribution in [1.82, 2.24) is 9.66 Å². The molecule has 0 spiro atoms. The van der Waals surface area contributed by atoms with E-state index in [9.17, 15) is 9.59 Å². The molecule has 0 aliphatic rings. The smallest absolute Gasteiger partial charge is 0.347 e. The number of hydrogen-bond donors (Lipinski definition) is 0. The Morgan fingerprint density at radius 1 is 1.32 bits per heavy atom. The number of rotatable bonds is 6. The van der Waals surface area contributed by atoms with Gasteiger partial charge in [-0.2, -0.15) is 9.78 Å². The molecule has 0 saturated carbocycles. The van der Waals surface area contributed by atoms with E-state index in [4.69, 9.17) is 21.1 Å². The lowest BCUT2D eigenvalue weighted by Gasteiger charge is -2.16. The Hall–Kier alpha value is -2.23. The van der Waals surface area contributed by atoms with Gasteiger partial charge in [-0.25, -0.2) is 9.78 Å². The summed E-state index contributed by atoms with van der Waals surface area (Å²) in [4.78, 5) is 29.1. The average molecular weight is 572 g/mol. The molecule has 2 aromatic carbocycles. The largest absolute Gasteiger partial charge is 0.476 e. The first-order valence-electron chi connectivity index (χ1n) is 9.26. The molecule has 3 rings (SSSR count). The fourth-order valence-electron chi connectivity index (χ4n) is 2.77. The van der Waals surface area contributed by atoms with Crippen molar-refractivity contribution in [2.45, 2.75) is 26.9 Å². The van der Waals surface area contributed by atoms with Gasteiger partial charge in [0.15, 0.2) is 11.9 Å². The van der Waals surface area contributed by atoms with Crippen LogP contribution in [-0.4, -0.2) is 34.6 Å². The Bertz CT molecular complexity index is 1220. The molecule has 10 heteroatoms. The third-order valence-electron chi connectivity index (χ3n) is 4.23. The highest BCUT2D eigenvalue weighted by Gasteiger charge is 2.19. The van der Waals surface area contributed by atoms with Crippen LogP contribution in [0.1, 0.15) is 25.2 Å². The van der Waals surface area contributed by atoms with Gasteiger partial charge >= 0.3 is 5.97 Å². The van der Waals surface area contributed by atoms with E-state index in [1.807, 2.05) is 6.07 Å². The predicted molar refractivity (Wildman–Crippen MR) is 127 cm³/mol. The molecule has 1 heterocycles. The molecule has 31 heavy (non-hydrogen) atoms. The van der Waals surface area contributed by atoms with Crippen LogP contribution in [0.5, 0.6) is 5.75 Å². The molecule has 0 unspecified atom stereocenters. The molecule has 0 saturated heterocycles. The van der Waals surface area contributed by atoms with Crippen LogP contribution < -0.4 is 10.3 Å². The Balaban J connectivity index is 1.92. The molecular weight excluding hydrogens is 554 g/mol. The fourth-order valence-corrected chi connectivity index (χ4v) is 4.09. The second-order valence-electron chi connectivity index (χ2n) is 6.51. The minimum atomic E-state index is -0.822. The normalized spacial score (nSPS) is 12.3. The highest BCUT2D eigenvalue weighted by atomic mass is 79.9. The molecule has 0 aliphatic heterocycles. The Labute approximate surface area is 200 Å². The first-order valence-corrected chi connectivity index (χ1v) is 11.2.